The van der Waals surface area contributed by atoms with Crippen molar-refractivity contribution >= 4 is 45.1 Å². The van der Waals surface area contributed by atoms with Gasteiger partial charge in [0.2, 0.25) is 5.24 Å². The van der Waals surface area contributed by atoms with E-state index in [2.05, 4.69) is 20.5 Å². The Morgan fingerprint density at radius 1 is 1.31 bits per heavy atom. The first-order valence-corrected chi connectivity index (χ1v) is 11.0. The van der Waals surface area contributed by atoms with Crippen molar-refractivity contribution in [3.8, 4) is 0 Å². The Bertz CT molecular complexity index is 913. The number of likely N-dealkylation sites (tertiary alicyclic amines) is 1. The van der Waals surface area contributed by atoms with Crippen LogP contribution in [0.15, 0.2) is 42.7 Å². The van der Waals surface area contributed by atoms with Crippen molar-refractivity contribution in [3.05, 3.63) is 54.0 Å². The highest BCUT2D eigenvalue weighted by molar-refractivity contribution is 8.09. The summed E-state index contributed by atoms with van der Waals surface area (Å²) in [7, 11) is 0. The third kappa shape index (κ3) is 5.29. The van der Waals surface area contributed by atoms with Gasteiger partial charge in [-0.25, -0.2) is 9.97 Å². The predicted octanol–water partition coefficient (Wildman–Crippen LogP) is 4.31. The molecule has 0 radical (unpaired) electrons. The molecule has 2 N–H and O–H groups in total. The maximum Gasteiger partial charge on any atom is 0.221 e. The molecule has 1 unspecified atom stereocenters. The zero-order chi connectivity index (χ0) is 20.2. The Hall–Kier alpha value is -2.09. The average Bonchev–Trinajstić information content (AvgIpc) is 3.19. The molecule has 0 aliphatic carbocycles. The standard InChI is InChI=1S/C21H24ClN5OS/c1-14-5-8-23-20(11-14)26-19-4-2-3-16(25-19)17-13-24-21(29-17)27-9-6-15(7-10-27)12-18(22)28/h2-5,8,11,13,15,21,24H,6-7,9-10,12H2,1H3,(H,23,25,26). The van der Waals surface area contributed by atoms with Crippen molar-refractivity contribution in [1.29, 1.82) is 0 Å². The molecule has 1 saturated heterocycles. The highest BCUT2D eigenvalue weighted by Gasteiger charge is 2.29. The lowest BCUT2D eigenvalue weighted by Gasteiger charge is -2.35. The molecule has 8 heteroatoms. The number of carbonyl (C=O) groups is 1. The van der Waals surface area contributed by atoms with Gasteiger partial charge in [-0.05, 0) is 67.1 Å². The normalized spacial score (nSPS) is 20.2. The number of carbonyl (C=O) groups excluding carboxylic acids is 1. The maximum atomic E-state index is 11.1. The van der Waals surface area contributed by atoms with Crippen molar-refractivity contribution in [3.63, 3.8) is 0 Å². The quantitative estimate of drug-likeness (QED) is 0.663. The second kappa shape index (κ2) is 9.15. The van der Waals surface area contributed by atoms with E-state index in [1.54, 1.807) is 18.0 Å². The average molecular weight is 430 g/mol. The number of hydrogen-bond acceptors (Lipinski definition) is 7. The lowest BCUT2D eigenvalue weighted by molar-refractivity contribution is -0.112. The molecule has 152 valence electrons. The van der Waals surface area contributed by atoms with Crippen LogP contribution in [0.3, 0.4) is 0 Å². The van der Waals surface area contributed by atoms with Crippen LogP contribution in [0, 0.1) is 12.8 Å². The predicted molar refractivity (Wildman–Crippen MR) is 119 cm³/mol. The van der Waals surface area contributed by atoms with Gasteiger partial charge in [0.25, 0.3) is 0 Å². The van der Waals surface area contributed by atoms with Crippen LogP contribution in [0.4, 0.5) is 11.6 Å². The van der Waals surface area contributed by atoms with Crippen LogP contribution in [-0.2, 0) is 4.79 Å². The van der Waals surface area contributed by atoms with E-state index in [9.17, 15) is 4.79 Å². The first-order valence-electron chi connectivity index (χ1n) is 9.79. The van der Waals surface area contributed by atoms with Gasteiger partial charge in [-0.2, -0.15) is 0 Å². The van der Waals surface area contributed by atoms with Crippen LogP contribution < -0.4 is 10.6 Å². The fraction of sp³-hybridized carbons (Fsp3) is 0.381. The van der Waals surface area contributed by atoms with Crippen LogP contribution in [0.25, 0.3) is 4.91 Å². The van der Waals surface area contributed by atoms with Gasteiger partial charge in [0.15, 0.2) is 0 Å². The van der Waals surface area contributed by atoms with E-state index < -0.39 is 0 Å². The molecule has 6 nitrogen and oxygen atoms in total. The van der Waals surface area contributed by atoms with E-state index in [0.29, 0.717) is 12.3 Å². The van der Waals surface area contributed by atoms with E-state index in [-0.39, 0.29) is 10.7 Å². The number of anilines is 2. The molecule has 2 aromatic heterocycles. The first-order chi connectivity index (χ1) is 14.1. The molecule has 1 fully saturated rings. The Labute approximate surface area is 180 Å². The fourth-order valence-corrected chi connectivity index (χ4v) is 4.97. The molecule has 4 heterocycles. The lowest BCUT2D eigenvalue weighted by atomic mass is 9.94. The van der Waals surface area contributed by atoms with Gasteiger partial charge in [0.05, 0.1) is 10.6 Å². The summed E-state index contributed by atoms with van der Waals surface area (Å²) < 4.78 is 0. The number of pyridine rings is 2. The summed E-state index contributed by atoms with van der Waals surface area (Å²) in [6.07, 6.45) is 6.34. The summed E-state index contributed by atoms with van der Waals surface area (Å²) in [4.78, 5) is 23.8. The van der Waals surface area contributed by atoms with Gasteiger partial charge >= 0.3 is 0 Å². The minimum absolute atomic E-state index is 0.203. The van der Waals surface area contributed by atoms with Gasteiger partial charge < -0.3 is 10.6 Å². The van der Waals surface area contributed by atoms with Crippen molar-refractivity contribution in [2.45, 2.75) is 31.7 Å². The molecule has 0 saturated carbocycles. The van der Waals surface area contributed by atoms with Crippen LogP contribution in [0.2, 0.25) is 0 Å². The number of aryl methyl sites for hydroxylation is 1. The molecule has 2 aliphatic heterocycles. The summed E-state index contributed by atoms with van der Waals surface area (Å²) in [5.41, 5.74) is 2.29. The van der Waals surface area contributed by atoms with Crippen molar-refractivity contribution < 1.29 is 4.79 Å². The SMILES string of the molecule is Cc1ccnc(Nc2cccc(C3=CNC(N4CCC(CC(=O)Cl)CC4)S3)n2)c1. The minimum atomic E-state index is -0.221. The summed E-state index contributed by atoms with van der Waals surface area (Å²) >= 11 is 7.32. The van der Waals surface area contributed by atoms with Gasteiger partial charge in [-0.3, -0.25) is 9.69 Å². The summed E-state index contributed by atoms with van der Waals surface area (Å²) in [5.74, 6) is 1.98. The van der Waals surface area contributed by atoms with E-state index >= 15 is 0 Å². The highest BCUT2D eigenvalue weighted by Crippen LogP contribution is 2.37. The number of rotatable bonds is 6. The van der Waals surface area contributed by atoms with Crippen LogP contribution >= 0.6 is 23.4 Å². The molecule has 29 heavy (non-hydrogen) atoms. The van der Waals surface area contributed by atoms with Gasteiger partial charge in [0.1, 0.15) is 17.1 Å². The molecule has 1 atom stereocenters. The lowest BCUT2D eigenvalue weighted by Crippen LogP contribution is -2.44. The smallest absolute Gasteiger partial charge is 0.221 e. The molecule has 0 bridgehead atoms. The molecule has 0 amide bonds. The second-order valence-corrected chi connectivity index (χ2v) is 8.98. The largest absolute Gasteiger partial charge is 0.366 e. The van der Waals surface area contributed by atoms with Crippen LogP contribution in [0.1, 0.15) is 30.5 Å². The number of aromatic nitrogens is 2. The number of nitrogens with zero attached hydrogens (tertiary/aromatic N) is 3. The fourth-order valence-electron chi connectivity index (χ4n) is 3.65. The number of hydrogen-bond donors (Lipinski definition) is 2. The van der Waals surface area contributed by atoms with Crippen LogP contribution in [0.5, 0.6) is 0 Å². The molecule has 0 aromatic carbocycles. The van der Waals surface area contributed by atoms with Gasteiger partial charge in [0, 0.05) is 31.9 Å². The summed E-state index contributed by atoms with van der Waals surface area (Å²) in [6, 6.07) is 9.94. The number of piperidine rings is 1. The molecule has 0 spiro atoms. The molecular formula is C21H24ClN5OS. The number of nitrogens with one attached hydrogen (secondary N) is 2. The zero-order valence-electron chi connectivity index (χ0n) is 16.3. The van der Waals surface area contributed by atoms with Gasteiger partial charge in [-0.15, -0.1) is 0 Å². The second-order valence-electron chi connectivity index (χ2n) is 7.44. The van der Waals surface area contributed by atoms with Crippen molar-refractivity contribution in [1.82, 2.24) is 20.2 Å². The summed E-state index contributed by atoms with van der Waals surface area (Å²) in [6.45, 7) is 3.97. The number of halogens is 1. The van der Waals surface area contributed by atoms with Crippen molar-refractivity contribution in [2.75, 3.05) is 18.4 Å². The third-order valence-corrected chi connectivity index (χ3v) is 6.59. The first kappa shape index (κ1) is 20.2. The highest BCUT2D eigenvalue weighted by atomic mass is 35.5. The van der Waals surface area contributed by atoms with Gasteiger partial charge in [-0.1, -0.05) is 17.8 Å². The Kier molecular flexibility index (Phi) is 6.37. The van der Waals surface area contributed by atoms with Crippen LogP contribution in [-0.4, -0.2) is 38.7 Å². The van der Waals surface area contributed by atoms with E-state index in [4.69, 9.17) is 16.6 Å². The van der Waals surface area contributed by atoms with E-state index in [1.807, 2.05) is 43.5 Å². The third-order valence-electron chi connectivity index (χ3n) is 5.20. The Morgan fingerprint density at radius 3 is 2.90 bits per heavy atom. The van der Waals surface area contributed by atoms with Crippen molar-refractivity contribution in [2.24, 2.45) is 5.92 Å². The molecule has 4 rings (SSSR count). The van der Waals surface area contributed by atoms with E-state index in [0.717, 1.165) is 53.7 Å². The summed E-state index contributed by atoms with van der Waals surface area (Å²) in [5, 5.41) is 6.52. The minimum Gasteiger partial charge on any atom is -0.366 e. The number of thioether (sulfide) groups is 1. The maximum absolute atomic E-state index is 11.1. The molecular weight excluding hydrogens is 406 g/mol. The molecule has 2 aromatic rings. The Morgan fingerprint density at radius 2 is 2.14 bits per heavy atom. The zero-order valence-corrected chi connectivity index (χ0v) is 17.8. The van der Waals surface area contributed by atoms with E-state index in [1.165, 1.54) is 0 Å². The Balaban J connectivity index is 1.35. The topological polar surface area (TPSA) is 70.2 Å². The molecule has 2 aliphatic rings. The monoisotopic (exact) mass is 429 g/mol.